The second-order valence-electron chi connectivity index (χ2n) is 4.92. The summed E-state index contributed by atoms with van der Waals surface area (Å²) < 4.78 is 1.01. The number of halogens is 1. The lowest BCUT2D eigenvalue weighted by Crippen LogP contribution is -2.38. The first kappa shape index (κ1) is 13.6. The third kappa shape index (κ3) is 2.93. The van der Waals surface area contributed by atoms with Gasteiger partial charge in [-0.1, -0.05) is 22.4 Å². The number of carbonyl (C=O) groups is 1. The molecule has 1 aromatic rings. The lowest BCUT2D eigenvalue weighted by molar-refractivity contribution is 0.0916. The molecule has 1 amide bonds. The first-order chi connectivity index (χ1) is 8.61. The molecule has 0 bridgehead atoms. The van der Waals surface area contributed by atoms with Crippen molar-refractivity contribution in [3.8, 4) is 0 Å². The second-order valence-corrected chi connectivity index (χ2v) is 5.77. The Morgan fingerprint density at radius 1 is 1.50 bits per heavy atom. The molecule has 1 saturated carbocycles. The SMILES string of the molecule is Cc1cc(C(=O)NC2CCCC2CO)ccc1Br. The van der Waals surface area contributed by atoms with E-state index in [2.05, 4.69) is 21.2 Å². The summed E-state index contributed by atoms with van der Waals surface area (Å²) in [6.45, 7) is 2.12. The van der Waals surface area contributed by atoms with Crippen molar-refractivity contribution < 1.29 is 9.90 Å². The van der Waals surface area contributed by atoms with Gasteiger partial charge in [-0.15, -0.1) is 0 Å². The third-order valence-corrected chi connectivity index (χ3v) is 4.52. The minimum absolute atomic E-state index is 0.0454. The Morgan fingerprint density at radius 3 is 2.94 bits per heavy atom. The van der Waals surface area contributed by atoms with Crippen LogP contribution in [0.2, 0.25) is 0 Å². The first-order valence-electron chi connectivity index (χ1n) is 6.29. The second kappa shape index (κ2) is 5.85. The standard InChI is InChI=1S/C14H18BrNO2/c1-9-7-10(5-6-12(9)15)14(18)16-13-4-2-3-11(13)8-17/h5-7,11,13,17H,2-4,8H2,1H3,(H,16,18). The van der Waals surface area contributed by atoms with E-state index in [1.165, 1.54) is 0 Å². The normalized spacial score (nSPS) is 23.1. The van der Waals surface area contributed by atoms with Gasteiger partial charge in [-0.2, -0.15) is 0 Å². The van der Waals surface area contributed by atoms with Gasteiger partial charge in [-0.25, -0.2) is 0 Å². The molecule has 0 spiro atoms. The molecule has 1 aliphatic carbocycles. The number of amides is 1. The number of benzene rings is 1. The zero-order valence-corrected chi connectivity index (χ0v) is 12.0. The van der Waals surface area contributed by atoms with Crippen LogP contribution in [0.5, 0.6) is 0 Å². The Labute approximate surface area is 116 Å². The molecule has 1 aliphatic rings. The van der Waals surface area contributed by atoms with Gasteiger partial charge in [0.15, 0.2) is 0 Å². The lowest BCUT2D eigenvalue weighted by Gasteiger charge is -2.19. The Hall–Kier alpha value is -0.870. The van der Waals surface area contributed by atoms with E-state index in [0.717, 1.165) is 29.3 Å². The van der Waals surface area contributed by atoms with Gasteiger partial charge in [0.25, 0.3) is 5.91 Å². The number of carbonyl (C=O) groups excluding carboxylic acids is 1. The van der Waals surface area contributed by atoms with Crippen molar-refractivity contribution in [2.24, 2.45) is 5.92 Å². The van der Waals surface area contributed by atoms with Crippen LogP contribution < -0.4 is 5.32 Å². The number of hydrogen-bond donors (Lipinski definition) is 2. The van der Waals surface area contributed by atoms with E-state index in [1.807, 2.05) is 25.1 Å². The van der Waals surface area contributed by atoms with Crippen molar-refractivity contribution in [2.75, 3.05) is 6.61 Å². The predicted octanol–water partition coefficient (Wildman–Crippen LogP) is 2.65. The monoisotopic (exact) mass is 311 g/mol. The van der Waals surface area contributed by atoms with Crippen molar-refractivity contribution in [2.45, 2.75) is 32.2 Å². The molecule has 18 heavy (non-hydrogen) atoms. The smallest absolute Gasteiger partial charge is 0.251 e. The van der Waals surface area contributed by atoms with Gasteiger partial charge in [-0.05, 0) is 43.5 Å². The average molecular weight is 312 g/mol. The van der Waals surface area contributed by atoms with Gasteiger partial charge in [0.2, 0.25) is 0 Å². The first-order valence-corrected chi connectivity index (χ1v) is 7.09. The molecule has 4 heteroatoms. The fourth-order valence-electron chi connectivity index (χ4n) is 2.48. The molecule has 0 radical (unpaired) electrons. The average Bonchev–Trinajstić information content (AvgIpc) is 2.79. The molecule has 3 nitrogen and oxygen atoms in total. The number of aliphatic hydroxyl groups excluding tert-OH is 1. The van der Waals surface area contributed by atoms with Crippen LogP contribution in [0.1, 0.15) is 35.2 Å². The van der Waals surface area contributed by atoms with Crippen LogP contribution >= 0.6 is 15.9 Å². The summed E-state index contributed by atoms with van der Waals surface area (Å²) in [5.41, 5.74) is 1.73. The molecule has 0 saturated heterocycles. The Kier molecular flexibility index (Phi) is 4.40. The van der Waals surface area contributed by atoms with Gasteiger partial charge >= 0.3 is 0 Å². The van der Waals surface area contributed by atoms with E-state index < -0.39 is 0 Å². The molecule has 98 valence electrons. The minimum Gasteiger partial charge on any atom is -0.396 e. The van der Waals surface area contributed by atoms with Gasteiger partial charge < -0.3 is 10.4 Å². The van der Waals surface area contributed by atoms with E-state index in [1.54, 1.807) is 0 Å². The maximum absolute atomic E-state index is 12.1. The highest BCUT2D eigenvalue weighted by Crippen LogP contribution is 2.25. The quantitative estimate of drug-likeness (QED) is 0.901. The number of aliphatic hydroxyl groups is 1. The molecule has 0 heterocycles. The van der Waals surface area contributed by atoms with E-state index in [0.29, 0.717) is 5.56 Å². The van der Waals surface area contributed by atoms with Gasteiger partial charge in [0.05, 0.1) is 0 Å². The van der Waals surface area contributed by atoms with Crippen LogP contribution in [0, 0.1) is 12.8 Å². The summed E-state index contributed by atoms with van der Waals surface area (Å²) in [4.78, 5) is 12.1. The van der Waals surface area contributed by atoms with Crippen molar-refractivity contribution in [1.29, 1.82) is 0 Å². The zero-order chi connectivity index (χ0) is 13.1. The number of rotatable bonds is 3. The molecule has 1 fully saturated rings. The van der Waals surface area contributed by atoms with Crippen LogP contribution in [-0.2, 0) is 0 Å². The molecule has 2 N–H and O–H groups in total. The van der Waals surface area contributed by atoms with Gasteiger partial charge in [0, 0.05) is 28.6 Å². The summed E-state index contributed by atoms with van der Waals surface area (Å²) in [5.74, 6) is 0.168. The predicted molar refractivity (Wildman–Crippen MR) is 74.6 cm³/mol. The molecule has 2 atom stereocenters. The highest BCUT2D eigenvalue weighted by Gasteiger charge is 2.28. The highest BCUT2D eigenvalue weighted by molar-refractivity contribution is 9.10. The van der Waals surface area contributed by atoms with Crippen LogP contribution in [0.25, 0.3) is 0 Å². The summed E-state index contributed by atoms with van der Waals surface area (Å²) >= 11 is 3.42. The summed E-state index contributed by atoms with van der Waals surface area (Å²) in [6, 6.07) is 5.70. The van der Waals surface area contributed by atoms with Crippen molar-refractivity contribution in [1.82, 2.24) is 5.32 Å². The Balaban J connectivity index is 2.05. The minimum atomic E-state index is -0.0454. The fourth-order valence-corrected chi connectivity index (χ4v) is 2.73. The molecular weight excluding hydrogens is 294 g/mol. The molecule has 1 aromatic carbocycles. The Bertz CT molecular complexity index is 447. The Morgan fingerprint density at radius 2 is 2.28 bits per heavy atom. The van der Waals surface area contributed by atoms with Gasteiger partial charge in [0.1, 0.15) is 0 Å². The highest BCUT2D eigenvalue weighted by atomic mass is 79.9. The van der Waals surface area contributed by atoms with E-state index in [-0.39, 0.29) is 24.5 Å². The fraction of sp³-hybridized carbons (Fsp3) is 0.500. The molecule has 2 rings (SSSR count). The van der Waals surface area contributed by atoms with Crippen LogP contribution in [-0.4, -0.2) is 23.7 Å². The van der Waals surface area contributed by atoms with Crippen molar-refractivity contribution in [3.63, 3.8) is 0 Å². The molecule has 0 aromatic heterocycles. The van der Waals surface area contributed by atoms with E-state index >= 15 is 0 Å². The maximum atomic E-state index is 12.1. The van der Waals surface area contributed by atoms with Crippen LogP contribution in [0.4, 0.5) is 0 Å². The topological polar surface area (TPSA) is 49.3 Å². The van der Waals surface area contributed by atoms with Gasteiger partial charge in [-0.3, -0.25) is 4.79 Å². The summed E-state index contributed by atoms with van der Waals surface area (Å²) in [6.07, 6.45) is 3.04. The molecule has 2 unspecified atom stereocenters. The third-order valence-electron chi connectivity index (χ3n) is 3.63. The maximum Gasteiger partial charge on any atom is 0.251 e. The molecular formula is C14H18BrNO2. The van der Waals surface area contributed by atoms with Crippen molar-refractivity contribution >= 4 is 21.8 Å². The summed E-state index contributed by atoms with van der Waals surface area (Å²) in [7, 11) is 0. The van der Waals surface area contributed by atoms with Crippen LogP contribution in [0.15, 0.2) is 22.7 Å². The van der Waals surface area contributed by atoms with E-state index in [9.17, 15) is 9.90 Å². The number of aryl methyl sites for hydroxylation is 1. The summed E-state index contributed by atoms with van der Waals surface area (Å²) in [5, 5.41) is 12.3. The van der Waals surface area contributed by atoms with Crippen LogP contribution in [0.3, 0.4) is 0 Å². The lowest BCUT2D eigenvalue weighted by atomic mass is 10.0. The zero-order valence-electron chi connectivity index (χ0n) is 10.4. The molecule has 0 aliphatic heterocycles. The largest absolute Gasteiger partial charge is 0.396 e. The van der Waals surface area contributed by atoms with E-state index in [4.69, 9.17) is 0 Å². The van der Waals surface area contributed by atoms with Crippen molar-refractivity contribution in [3.05, 3.63) is 33.8 Å². The number of nitrogens with one attached hydrogen (secondary N) is 1. The number of hydrogen-bond acceptors (Lipinski definition) is 2.